The average Bonchev–Trinajstić information content (AvgIpc) is 3.07. The maximum atomic E-state index is 2.77. The first kappa shape index (κ1) is 14.3. The lowest BCUT2D eigenvalue weighted by atomic mass is 9.99. The summed E-state index contributed by atoms with van der Waals surface area (Å²) in [6.07, 6.45) is 15.9. The van der Waals surface area contributed by atoms with Crippen molar-refractivity contribution in [3.63, 3.8) is 0 Å². The maximum absolute atomic E-state index is 2.77. The summed E-state index contributed by atoms with van der Waals surface area (Å²) >= 11 is 0. The highest BCUT2D eigenvalue weighted by Crippen LogP contribution is 2.63. The molecule has 0 heterocycles. The van der Waals surface area contributed by atoms with E-state index in [1.165, 1.54) is 25.7 Å². The van der Waals surface area contributed by atoms with Crippen molar-refractivity contribution < 1.29 is 0 Å². The predicted molar refractivity (Wildman–Crippen MR) is 94.0 cm³/mol. The second-order valence-electron chi connectivity index (χ2n) is 9.29. The van der Waals surface area contributed by atoms with Gasteiger partial charge in [0, 0.05) is 0 Å². The van der Waals surface area contributed by atoms with E-state index >= 15 is 0 Å². The molecule has 0 aromatic heterocycles. The molecular formula is C20H32Si. The summed E-state index contributed by atoms with van der Waals surface area (Å²) in [4.78, 5) is 0. The van der Waals surface area contributed by atoms with Crippen LogP contribution in [0.1, 0.15) is 39.5 Å². The average molecular weight is 301 g/mol. The molecule has 8 unspecified atom stereocenters. The molecule has 0 spiro atoms. The topological polar surface area (TPSA) is 0 Å². The SMILES string of the molecule is CC1CC2CC=CC2C1[Si](C)(C)C1C(C)CC2C=CCC21. The lowest BCUT2D eigenvalue weighted by molar-refractivity contribution is 0.451. The van der Waals surface area contributed by atoms with Crippen molar-refractivity contribution in [2.75, 3.05) is 0 Å². The van der Waals surface area contributed by atoms with Gasteiger partial charge in [0.1, 0.15) is 0 Å². The molecule has 1 heteroatoms. The summed E-state index contributed by atoms with van der Waals surface area (Å²) in [5, 5.41) is 0. The Morgan fingerprint density at radius 2 is 1.57 bits per heavy atom. The van der Waals surface area contributed by atoms with Gasteiger partial charge in [0.15, 0.2) is 0 Å². The van der Waals surface area contributed by atoms with Gasteiger partial charge in [-0.05, 0) is 72.3 Å². The highest BCUT2D eigenvalue weighted by molar-refractivity contribution is 6.80. The summed E-state index contributed by atoms with van der Waals surface area (Å²) in [5.74, 6) is 5.85. The fraction of sp³-hybridized carbons (Fsp3) is 0.800. The molecule has 0 N–H and O–H groups in total. The Kier molecular flexibility index (Phi) is 3.30. The van der Waals surface area contributed by atoms with Gasteiger partial charge in [-0.1, -0.05) is 51.2 Å². The molecule has 0 aliphatic heterocycles. The minimum atomic E-state index is -1.23. The smallest absolute Gasteiger partial charge is 0.0550 e. The zero-order valence-corrected chi connectivity index (χ0v) is 15.3. The predicted octanol–water partition coefficient (Wildman–Crippen LogP) is 5.90. The third kappa shape index (κ3) is 1.99. The van der Waals surface area contributed by atoms with Gasteiger partial charge in [-0.3, -0.25) is 0 Å². The van der Waals surface area contributed by atoms with Crippen molar-refractivity contribution >= 4 is 8.07 Å². The molecule has 4 rings (SSSR count). The molecule has 0 aromatic carbocycles. The van der Waals surface area contributed by atoms with Gasteiger partial charge in [0.05, 0.1) is 8.07 Å². The number of hydrogen-bond acceptors (Lipinski definition) is 0. The fourth-order valence-corrected chi connectivity index (χ4v) is 14.0. The van der Waals surface area contributed by atoms with Gasteiger partial charge in [-0.15, -0.1) is 0 Å². The van der Waals surface area contributed by atoms with Crippen molar-refractivity contribution in [1.82, 2.24) is 0 Å². The Bertz CT molecular complexity index is 474. The van der Waals surface area contributed by atoms with Crippen LogP contribution in [0.5, 0.6) is 0 Å². The second kappa shape index (κ2) is 4.85. The molecule has 0 aromatic rings. The molecule has 21 heavy (non-hydrogen) atoms. The Morgan fingerprint density at radius 3 is 2.38 bits per heavy atom. The van der Waals surface area contributed by atoms with E-state index in [9.17, 15) is 0 Å². The first-order valence-electron chi connectivity index (χ1n) is 9.33. The van der Waals surface area contributed by atoms with Crippen LogP contribution in [0.25, 0.3) is 0 Å². The van der Waals surface area contributed by atoms with Crippen LogP contribution < -0.4 is 0 Å². The summed E-state index contributed by atoms with van der Waals surface area (Å²) in [5.41, 5.74) is 2.12. The number of rotatable bonds is 2. The van der Waals surface area contributed by atoms with Gasteiger partial charge >= 0.3 is 0 Å². The molecule has 116 valence electrons. The summed E-state index contributed by atoms with van der Waals surface area (Å²) < 4.78 is 0. The van der Waals surface area contributed by atoms with Crippen LogP contribution >= 0.6 is 0 Å². The lowest BCUT2D eigenvalue weighted by Gasteiger charge is -2.45. The van der Waals surface area contributed by atoms with Gasteiger partial charge in [-0.25, -0.2) is 0 Å². The maximum Gasteiger partial charge on any atom is 0.0550 e. The summed E-state index contributed by atoms with van der Waals surface area (Å²) in [7, 11) is -1.23. The minimum absolute atomic E-state index is 0.934. The second-order valence-corrected chi connectivity index (χ2v) is 14.3. The van der Waals surface area contributed by atoms with Gasteiger partial charge < -0.3 is 0 Å². The molecule has 0 radical (unpaired) electrons. The van der Waals surface area contributed by atoms with E-state index in [-0.39, 0.29) is 0 Å². The van der Waals surface area contributed by atoms with E-state index < -0.39 is 8.07 Å². The molecule has 0 saturated heterocycles. The van der Waals surface area contributed by atoms with Crippen LogP contribution in [0.3, 0.4) is 0 Å². The third-order valence-electron chi connectivity index (χ3n) is 7.82. The summed E-state index contributed by atoms with van der Waals surface area (Å²) in [6, 6.07) is 0. The van der Waals surface area contributed by atoms with E-state index in [4.69, 9.17) is 0 Å². The normalized spacial score (nSPS) is 51.6. The third-order valence-corrected chi connectivity index (χ3v) is 13.2. The fourth-order valence-electron chi connectivity index (χ4n) is 7.52. The van der Waals surface area contributed by atoms with Crippen LogP contribution in [0.2, 0.25) is 24.2 Å². The van der Waals surface area contributed by atoms with Crippen LogP contribution in [-0.4, -0.2) is 8.07 Å². The quantitative estimate of drug-likeness (QED) is 0.440. The van der Waals surface area contributed by atoms with E-state index in [1.54, 1.807) is 0 Å². The van der Waals surface area contributed by atoms with Crippen molar-refractivity contribution in [1.29, 1.82) is 0 Å². The van der Waals surface area contributed by atoms with Crippen LogP contribution in [0.15, 0.2) is 24.3 Å². The van der Waals surface area contributed by atoms with E-state index in [2.05, 4.69) is 51.2 Å². The number of allylic oxidation sites excluding steroid dienone is 4. The molecule has 8 atom stereocenters. The zero-order chi connectivity index (χ0) is 14.8. The van der Waals surface area contributed by atoms with E-state index in [1.807, 2.05) is 0 Å². The molecule has 0 bridgehead atoms. The van der Waals surface area contributed by atoms with Gasteiger partial charge in [0.25, 0.3) is 0 Å². The Labute approximate surface area is 132 Å². The minimum Gasteiger partial charge on any atom is -0.0880 e. The Balaban J connectivity index is 1.65. The molecule has 4 aliphatic carbocycles. The van der Waals surface area contributed by atoms with Crippen molar-refractivity contribution in [3.05, 3.63) is 24.3 Å². The number of hydrogen-bond donors (Lipinski definition) is 0. The molecular weight excluding hydrogens is 268 g/mol. The zero-order valence-electron chi connectivity index (χ0n) is 14.3. The largest absolute Gasteiger partial charge is 0.0880 e. The first-order valence-corrected chi connectivity index (χ1v) is 12.5. The van der Waals surface area contributed by atoms with Gasteiger partial charge in [0.2, 0.25) is 0 Å². The molecule has 0 amide bonds. The monoisotopic (exact) mass is 300 g/mol. The van der Waals surface area contributed by atoms with Crippen LogP contribution in [0, 0.1) is 35.5 Å². The molecule has 2 saturated carbocycles. The Morgan fingerprint density at radius 1 is 0.857 bits per heavy atom. The standard InChI is InChI=1S/C20H32Si/c1-13-11-15-7-5-9-17(15)19(13)21(3,4)20-14(2)12-16-8-6-10-18(16)20/h5-7,10,13-20H,8-9,11-12H2,1-4H3. The Hall–Kier alpha value is -0.303. The molecule has 2 fully saturated rings. The van der Waals surface area contributed by atoms with Crippen LogP contribution in [0.4, 0.5) is 0 Å². The lowest BCUT2D eigenvalue weighted by Crippen LogP contribution is -2.45. The van der Waals surface area contributed by atoms with Crippen molar-refractivity contribution in [2.45, 2.75) is 63.7 Å². The molecule has 4 aliphatic rings. The first-order chi connectivity index (χ1) is 10.00. The van der Waals surface area contributed by atoms with Crippen molar-refractivity contribution in [3.8, 4) is 0 Å². The van der Waals surface area contributed by atoms with Crippen molar-refractivity contribution in [2.24, 2.45) is 35.5 Å². The molecule has 0 nitrogen and oxygen atoms in total. The van der Waals surface area contributed by atoms with E-state index in [0.29, 0.717) is 0 Å². The van der Waals surface area contributed by atoms with E-state index in [0.717, 1.165) is 46.6 Å². The summed E-state index contributed by atoms with van der Waals surface area (Å²) in [6.45, 7) is 10.7. The number of fused-ring (bicyclic) bond motifs is 2. The highest BCUT2D eigenvalue weighted by Gasteiger charge is 2.57. The highest BCUT2D eigenvalue weighted by atomic mass is 28.3. The van der Waals surface area contributed by atoms with Gasteiger partial charge in [-0.2, -0.15) is 0 Å². The van der Waals surface area contributed by atoms with Crippen LogP contribution in [-0.2, 0) is 0 Å².